The Morgan fingerprint density at radius 2 is 2.00 bits per heavy atom. The van der Waals surface area contributed by atoms with Crippen LogP contribution >= 0.6 is 0 Å². The van der Waals surface area contributed by atoms with Crippen LogP contribution in [0.3, 0.4) is 0 Å². The molecular formula is C16H20N2. The highest BCUT2D eigenvalue weighted by atomic mass is 14.4. The summed E-state index contributed by atoms with van der Waals surface area (Å²) in [6.45, 7) is 8.51. The fraction of sp³-hybridized carbons (Fsp3) is 0.500. The summed E-state index contributed by atoms with van der Waals surface area (Å²) in [5, 5.41) is 17.6. The maximum absolute atomic E-state index is 8.81. The summed E-state index contributed by atoms with van der Waals surface area (Å²) in [7, 11) is 0. The molecule has 18 heavy (non-hydrogen) atoms. The number of allylic oxidation sites excluding steroid dienone is 6. The highest BCUT2D eigenvalue weighted by molar-refractivity contribution is 5.44. The highest BCUT2D eigenvalue weighted by Gasteiger charge is 2.30. The van der Waals surface area contributed by atoms with Crippen LogP contribution in [0.4, 0.5) is 0 Å². The molecule has 0 saturated heterocycles. The molecule has 0 aliphatic heterocycles. The van der Waals surface area contributed by atoms with Crippen molar-refractivity contribution in [3.8, 4) is 12.1 Å². The maximum Gasteiger partial charge on any atom is 0.132 e. The summed E-state index contributed by atoms with van der Waals surface area (Å²) in [4.78, 5) is 0. The minimum Gasteiger partial charge on any atom is -0.192 e. The second-order valence-electron chi connectivity index (χ2n) is 5.59. The molecule has 1 aliphatic carbocycles. The summed E-state index contributed by atoms with van der Waals surface area (Å²) in [5.74, 6) is 0.389. The number of hydrogen-bond acceptors (Lipinski definition) is 2. The van der Waals surface area contributed by atoms with Crippen LogP contribution in [0.5, 0.6) is 0 Å². The van der Waals surface area contributed by atoms with Gasteiger partial charge >= 0.3 is 0 Å². The van der Waals surface area contributed by atoms with E-state index in [2.05, 4.69) is 32.9 Å². The predicted octanol–water partition coefficient (Wildman–Crippen LogP) is 4.29. The Bertz CT molecular complexity index is 474. The van der Waals surface area contributed by atoms with Gasteiger partial charge in [-0.3, -0.25) is 0 Å². The maximum atomic E-state index is 8.81. The second-order valence-corrected chi connectivity index (χ2v) is 5.59. The van der Waals surface area contributed by atoms with Gasteiger partial charge < -0.3 is 0 Å². The molecule has 1 atom stereocenters. The van der Waals surface area contributed by atoms with E-state index in [-0.39, 0.29) is 11.0 Å². The average molecular weight is 240 g/mol. The fourth-order valence-corrected chi connectivity index (χ4v) is 2.51. The molecule has 0 fully saturated rings. The standard InChI is InChI=1S/C16H20N2/c1-12(14(10-17)11-18)7-8-15-13(2)6-5-9-16(15,3)4/h6-8,15H,5,9H2,1-4H3. The minimum absolute atomic E-state index is 0.196. The van der Waals surface area contributed by atoms with E-state index in [9.17, 15) is 0 Å². The van der Waals surface area contributed by atoms with E-state index in [4.69, 9.17) is 10.5 Å². The molecule has 94 valence electrons. The Labute approximate surface area is 110 Å². The quantitative estimate of drug-likeness (QED) is 0.410. The van der Waals surface area contributed by atoms with E-state index >= 15 is 0 Å². The molecular weight excluding hydrogens is 220 g/mol. The largest absolute Gasteiger partial charge is 0.192 e. The van der Waals surface area contributed by atoms with Gasteiger partial charge in [0.2, 0.25) is 0 Å². The first-order chi connectivity index (χ1) is 8.42. The van der Waals surface area contributed by atoms with Crippen molar-refractivity contribution in [3.63, 3.8) is 0 Å². The van der Waals surface area contributed by atoms with Gasteiger partial charge in [0.05, 0.1) is 0 Å². The zero-order chi connectivity index (χ0) is 13.8. The van der Waals surface area contributed by atoms with Gasteiger partial charge in [-0.05, 0) is 37.7 Å². The van der Waals surface area contributed by atoms with E-state index in [0.29, 0.717) is 5.92 Å². The molecule has 0 N–H and O–H groups in total. The predicted molar refractivity (Wildman–Crippen MR) is 73.3 cm³/mol. The van der Waals surface area contributed by atoms with Crippen LogP contribution < -0.4 is 0 Å². The molecule has 1 aliphatic rings. The van der Waals surface area contributed by atoms with Crippen LogP contribution in [0.2, 0.25) is 0 Å². The molecule has 0 aromatic carbocycles. The molecule has 0 radical (unpaired) electrons. The number of nitrogens with zero attached hydrogens (tertiary/aromatic N) is 2. The van der Waals surface area contributed by atoms with E-state index in [0.717, 1.165) is 12.0 Å². The number of hydrogen-bond donors (Lipinski definition) is 0. The van der Waals surface area contributed by atoms with Crippen LogP contribution in [0, 0.1) is 34.0 Å². The molecule has 0 heterocycles. The van der Waals surface area contributed by atoms with E-state index in [1.54, 1.807) is 0 Å². The molecule has 2 heteroatoms. The van der Waals surface area contributed by atoms with Crippen molar-refractivity contribution in [1.29, 1.82) is 10.5 Å². The van der Waals surface area contributed by atoms with Gasteiger partial charge in [0.15, 0.2) is 0 Å². The third kappa shape index (κ3) is 3.11. The lowest BCUT2D eigenvalue weighted by molar-refractivity contribution is 0.255. The van der Waals surface area contributed by atoms with Crippen molar-refractivity contribution in [2.75, 3.05) is 0 Å². The number of rotatable bonds is 2. The van der Waals surface area contributed by atoms with Gasteiger partial charge in [0.25, 0.3) is 0 Å². The first-order valence-electron chi connectivity index (χ1n) is 6.28. The Hall–Kier alpha value is -1.80. The van der Waals surface area contributed by atoms with Crippen molar-refractivity contribution in [1.82, 2.24) is 0 Å². The van der Waals surface area contributed by atoms with Crippen molar-refractivity contribution < 1.29 is 0 Å². The molecule has 0 aromatic rings. The van der Waals surface area contributed by atoms with E-state index < -0.39 is 0 Å². The third-order valence-electron chi connectivity index (χ3n) is 3.74. The summed E-state index contributed by atoms with van der Waals surface area (Å²) >= 11 is 0. The smallest absolute Gasteiger partial charge is 0.132 e. The molecule has 1 rings (SSSR count). The first-order valence-corrected chi connectivity index (χ1v) is 6.28. The van der Waals surface area contributed by atoms with Crippen molar-refractivity contribution in [2.24, 2.45) is 11.3 Å². The van der Waals surface area contributed by atoms with Crippen LogP contribution in [0.15, 0.2) is 34.9 Å². The molecule has 0 aromatic heterocycles. The van der Waals surface area contributed by atoms with Gasteiger partial charge in [-0.15, -0.1) is 0 Å². The Kier molecular flexibility index (Phi) is 4.51. The molecule has 0 saturated carbocycles. The van der Waals surface area contributed by atoms with E-state index in [1.807, 2.05) is 25.1 Å². The van der Waals surface area contributed by atoms with Gasteiger partial charge in [-0.1, -0.05) is 37.6 Å². The zero-order valence-corrected chi connectivity index (χ0v) is 11.6. The van der Waals surface area contributed by atoms with Crippen molar-refractivity contribution in [2.45, 2.75) is 40.5 Å². The van der Waals surface area contributed by atoms with E-state index in [1.165, 1.54) is 12.0 Å². The number of nitriles is 2. The molecule has 0 bridgehead atoms. The monoisotopic (exact) mass is 240 g/mol. The zero-order valence-electron chi connectivity index (χ0n) is 11.6. The molecule has 0 amide bonds. The second kappa shape index (κ2) is 5.69. The van der Waals surface area contributed by atoms with Crippen LogP contribution in [-0.4, -0.2) is 0 Å². The molecule has 2 nitrogen and oxygen atoms in total. The topological polar surface area (TPSA) is 47.6 Å². The average Bonchev–Trinajstić information content (AvgIpc) is 2.29. The normalized spacial score (nSPS) is 21.9. The Morgan fingerprint density at radius 3 is 2.50 bits per heavy atom. The Balaban J connectivity index is 3.01. The van der Waals surface area contributed by atoms with Crippen molar-refractivity contribution in [3.05, 3.63) is 34.9 Å². The van der Waals surface area contributed by atoms with Gasteiger partial charge in [-0.25, -0.2) is 0 Å². The lowest BCUT2D eigenvalue weighted by Gasteiger charge is -2.36. The van der Waals surface area contributed by atoms with Gasteiger partial charge in [-0.2, -0.15) is 10.5 Å². The lowest BCUT2D eigenvalue weighted by atomic mass is 9.68. The summed E-state index contributed by atoms with van der Waals surface area (Å²) in [6, 6.07) is 3.85. The third-order valence-corrected chi connectivity index (χ3v) is 3.74. The Morgan fingerprint density at radius 1 is 1.39 bits per heavy atom. The van der Waals surface area contributed by atoms with Crippen LogP contribution in [0.25, 0.3) is 0 Å². The molecule has 1 unspecified atom stereocenters. The summed E-state index contributed by atoms with van der Waals surface area (Å²) in [5.41, 5.74) is 2.57. The lowest BCUT2D eigenvalue weighted by Crippen LogP contribution is -2.26. The summed E-state index contributed by atoms with van der Waals surface area (Å²) < 4.78 is 0. The van der Waals surface area contributed by atoms with Gasteiger partial charge in [0.1, 0.15) is 17.7 Å². The van der Waals surface area contributed by atoms with Crippen LogP contribution in [0.1, 0.15) is 40.5 Å². The fourth-order valence-electron chi connectivity index (χ4n) is 2.51. The highest BCUT2D eigenvalue weighted by Crippen LogP contribution is 2.41. The van der Waals surface area contributed by atoms with Gasteiger partial charge in [0, 0.05) is 5.92 Å². The minimum atomic E-state index is 0.196. The summed E-state index contributed by atoms with van der Waals surface area (Å²) in [6.07, 6.45) is 8.64. The molecule has 0 spiro atoms. The van der Waals surface area contributed by atoms with Crippen molar-refractivity contribution >= 4 is 0 Å². The first kappa shape index (κ1) is 14.3. The SMILES string of the molecule is CC1=CCCC(C)(C)C1C=CC(C)=C(C#N)C#N. The van der Waals surface area contributed by atoms with Crippen LogP contribution in [-0.2, 0) is 0 Å².